The van der Waals surface area contributed by atoms with Crippen molar-refractivity contribution in [3.63, 3.8) is 0 Å². The molecule has 0 saturated carbocycles. The molecule has 120 valence electrons. The van der Waals surface area contributed by atoms with Crippen LogP contribution in [0.3, 0.4) is 0 Å². The van der Waals surface area contributed by atoms with Crippen LogP contribution < -0.4 is 10.5 Å². The van der Waals surface area contributed by atoms with Crippen LogP contribution in [0, 0.1) is 6.92 Å². The van der Waals surface area contributed by atoms with Crippen molar-refractivity contribution >= 4 is 37.3 Å². The van der Waals surface area contributed by atoms with Crippen molar-refractivity contribution in [2.75, 3.05) is 19.0 Å². The maximum Gasteiger partial charge on any atom is 0.273 e. The first-order chi connectivity index (χ1) is 11.6. The second-order valence-corrected chi connectivity index (χ2v) is 7.08. The molecule has 4 nitrogen and oxygen atoms in total. The Morgan fingerprint density at radius 1 is 1.08 bits per heavy atom. The third kappa shape index (κ3) is 2.20. The fraction of sp³-hybridized carbons (Fsp3) is 0.158. The Balaban J connectivity index is 2.04. The first-order valence-electron chi connectivity index (χ1n) is 7.73. The molecular weight excluding hydrogens is 318 g/mol. The van der Waals surface area contributed by atoms with E-state index in [1.165, 1.54) is 16.9 Å². The highest BCUT2D eigenvalue weighted by molar-refractivity contribution is 7.25. The molecule has 4 aromatic rings. The smallest absolute Gasteiger partial charge is 0.273 e. The van der Waals surface area contributed by atoms with E-state index in [2.05, 4.69) is 9.88 Å². The number of hydrogen-bond donors (Lipinski definition) is 0. The van der Waals surface area contributed by atoms with Gasteiger partial charge in [0.15, 0.2) is 0 Å². The van der Waals surface area contributed by atoms with Crippen molar-refractivity contribution in [1.29, 1.82) is 0 Å². The van der Waals surface area contributed by atoms with E-state index in [1.807, 2.05) is 63.6 Å². The predicted octanol–water partition coefficient (Wildman–Crippen LogP) is 3.97. The zero-order valence-electron chi connectivity index (χ0n) is 13.8. The van der Waals surface area contributed by atoms with Crippen molar-refractivity contribution in [3.8, 4) is 5.69 Å². The number of fused-ring (bicyclic) bond motifs is 3. The molecule has 4 rings (SSSR count). The Labute approximate surface area is 143 Å². The van der Waals surface area contributed by atoms with E-state index in [1.54, 1.807) is 10.8 Å². The molecule has 0 spiro atoms. The Kier molecular flexibility index (Phi) is 3.39. The summed E-state index contributed by atoms with van der Waals surface area (Å²) in [4.78, 5) is 20.4. The topological polar surface area (TPSA) is 38.1 Å². The number of aryl methyl sites for hydroxylation is 1. The molecule has 0 saturated heterocycles. The van der Waals surface area contributed by atoms with Crippen LogP contribution in [-0.2, 0) is 0 Å². The average molecular weight is 335 g/mol. The minimum absolute atomic E-state index is 0.00376. The summed E-state index contributed by atoms with van der Waals surface area (Å²) in [6.07, 6.45) is 3.65. The van der Waals surface area contributed by atoms with Gasteiger partial charge in [-0.1, -0.05) is 17.7 Å². The summed E-state index contributed by atoms with van der Waals surface area (Å²) in [5, 5.41) is 2.02. The van der Waals surface area contributed by atoms with Gasteiger partial charge in [-0.25, -0.2) is 4.98 Å². The van der Waals surface area contributed by atoms with Gasteiger partial charge in [-0.05, 0) is 31.2 Å². The molecular formula is C19H17N3OS. The maximum atomic E-state index is 13.0. The molecule has 0 aliphatic heterocycles. The van der Waals surface area contributed by atoms with Crippen LogP contribution in [0.2, 0.25) is 0 Å². The second-order valence-electron chi connectivity index (χ2n) is 6.08. The van der Waals surface area contributed by atoms with E-state index in [-0.39, 0.29) is 5.56 Å². The first-order valence-corrected chi connectivity index (χ1v) is 8.55. The van der Waals surface area contributed by atoms with Crippen LogP contribution in [0.15, 0.2) is 53.6 Å². The summed E-state index contributed by atoms with van der Waals surface area (Å²) in [6, 6.07) is 12.0. The minimum Gasteiger partial charge on any atom is -0.377 e. The molecule has 3 heterocycles. The number of anilines is 1. The lowest BCUT2D eigenvalue weighted by Crippen LogP contribution is -2.16. The Morgan fingerprint density at radius 2 is 1.83 bits per heavy atom. The average Bonchev–Trinajstić information content (AvgIpc) is 2.96. The molecule has 0 aliphatic carbocycles. The van der Waals surface area contributed by atoms with Crippen molar-refractivity contribution < 1.29 is 0 Å². The number of aromatic nitrogens is 2. The Hall–Kier alpha value is -2.66. The number of benzene rings is 1. The highest BCUT2D eigenvalue weighted by Crippen LogP contribution is 2.36. The van der Waals surface area contributed by atoms with Crippen LogP contribution in [0.5, 0.6) is 0 Å². The fourth-order valence-electron chi connectivity index (χ4n) is 2.95. The number of nitrogens with zero attached hydrogens (tertiary/aromatic N) is 3. The lowest BCUT2D eigenvalue weighted by Gasteiger charge is -2.13. The summed E-state index contributed by atoms with van der Waals surface area (Å²) in [5.41, 5.74) is 3.14. The molecule has 0 unspecified atom stereocenters. The quantitative estimate of drug-likeness (QED) is 0.556. The second kappa shape index (κ2) is 5.46. The van der Waals surface area contributed by atoms with Crippen LogP contribution in [0.4, 0.5) is 5.69 Å². The molecule has 24 heavy (non-hydrogen) atoms. The Bertz CT molecular complexity index is 1110. The van der Waals surface area contributed by atoms with Gasteiger partial charge in [0.25, 0.3) is 5.56 Å². The lowest BCUT2D eigenvalue weighted by atomic mass is 10.2. The van der Waals surface area contributed by atoms with E-state index in [0.29, 0.717) is 0 Å². The van der Waals surface area contributed by atoms with E-state index < -0.39 is 0 Å². The van der Waals surface area contributed by atoms with Gasteiger partial charge in [0.1, 0.15) is 9.53 Å². The SMILES string of the molecule is Cc1ccc(-n2ccc3c(sc4nccc(N(C)C)c43)c2=O)cc1. The van der Waals surface area contributed by atoms with Gasteiger partial charge < -0.3 is 4.90 Å². The summed E-state index contributed by atoms with van der Waals surface area (Å²) in [5.74, 6) is 0. The molecule has 0 aliphatic rings. The highest BCUT2D eigenvalue weighted by Gasteiger charge is 2.15. The van der Waals surface area contributed by atoms with Crippen LogP contribution in [0.25, 0.3) is 26.0 Å². The van der Waals surface area contributed by atoms with E-state index in [9.17, 15) is 4.79 Å². The van der Waals surface area contributed by atoms with Crippen molar-refractivity contribution in [1.82, 2.24) is 9.55 Å². The summed E-state index contributed by atoms with van der Waals surface area (Å²) < 4.78 is 2.45. The summed E-state index contributed by atoms with van der Waals surface area (Å²) in [6.45, 7) is 2.04. The molecule has 0 atom stereocenters. The van der Waals surface area contributed by atoms with E-state index >= 15 is 0 Å². The maximum absolute atomic E-state index is 13.0. The van der Waals surface area contributed by atoms with Crippen LogP contribution in [0.1, 0.15) is 5.56 Å². The molecule has 0 radical (unpaired) electrons. The predicted molar refractivity (Wildman–Crippen MR) is 102 cm³/mol. The van der Waals surface area contributed by atoms with Crippen LogP contribution in [-0.4, -0.2) is 23.6 Å². The van der Waals surface area contributed by atoms with Gasteiger partial charge in [0.2, 0.25) is 0 Å². The molecule has 1 aromatic carbocycles. The van der Waals surface area contributed by atoms with Gasteiger partial charge in [-0.3, -0.25) is 9.36 Å². The highest BCUT2D eigenvalue weighted by atomic mass is 32.1. The lowest BCUT2D eigenvalue weighted by molar-refractivity contribution is 1.01. The fourth-order valence-corrected chi connectivity index (χ4v) is 4.04. The minimum atomic E-state index is 0.00376. The van der Waals surface area contributed by atoms with E-state index in [0.717, 1.165) is 31.7 Å². The number of pyridine rings is 2. The third-order valence-electron chi connectivity index (χ3n) is 4.20. The number of rotatable bonds is 2. The zero-order chi connectivity index (χ0) is 16.8. The van der Waals surface area contributed by atoms with Gasteiger partial charge in [0, 0.05) is 48.6 Å². The Morgan fingerprint density at radius 3 is 2.54 bits per heavy atom. The van der Waals surface area contributed by atoms with Crippen molar-refractivity contribution in [2.45, 2.75) is 6.92 Å². The summed E-state index contributed by atoms with van der Waals surface area (Å²) in [7, 11) is 4.01. The largest absolute Gasteiger partial charge is 0.377 e. The van der Waals surface area contributed by atoms with Crippen molar-refractivity contribution in [2.24, 2.45) is 0 Å². The first kappa shape index (κ1) is 14.9. The zero-order valence-corrected chi connectivity index (χ0v) is 14.6. The van der Waals surface area contributed by atoms with Gasteiger partial charge in [-0.2, -0.15) is 0 Å². The number of thiophene rings is 1. The van der Waals surface area contributed by atoms with E-state index in [4.69, 9.17) is 0 Å². The summed E-state index contributed by atoms with van der Waals surface area (Å²) >= 11 is 1.46. The number of hydrogen-bond acceptors (Lipinski definition) is 4. The van der Waals surface area contributed by atoms with Gasteiger partial charge in [-0.15, -0.1) is 11.3 Å². The van der Waals surface area contributed by atoms with Crippen LogP contribution >= 0.6 is 11.3 Å². The molecule has 0 bridgehead atoms. The van der Waals surface area contributed by atoms with Gasteiger partial charge in [0.05, 0.1) is 0 Å². The molecule has 5 heteroatoms. The molecule has 0 amide bonds. The monoisotopic (exact) mass is 335 g/mol. The van der Waals surface area contributed by atoms with Gasteiger partial charge >= 0.3 is 0 Å². The van der Waals surface area contributed by atoms with Crippen molar-refractivity contribution in [3.05, 3.63) is 64.7 Å². The normalized spacial score (nSPS) is 11.3. The third-order valence-corrected chi connectivity index (χ3v) is 5.31. The molecule has 0 N–H and O–H groups in total. The molecule has 0 fully saturated rings. The molecule has 3 aromatic heterocycles. The standard InChI is InChI=1S/C19H17N3OS/c1-12-4-6-13(7-5-12)22-11-9-14-16-15(21(2)3)8-10-20-18(16)24-17(14)19(22)23/h4-11H,1-3H3.